The molecule has 2 heterocycles. The Kier molecular flexibility index (Phi) is 4.99. The van der Waals surface area contributed by atoms with E-state index in [0.29, 0.717) is 18.1 Å². The van der Waals surface area contributed by atoms with Crippen LogP contribution in [0, 0.1) is 11.6 Å². The average Bonchev–Trinajstić information content (AvgIpc) is 2.84. The highest BCUT2D eigenvalue weighted by molar-refractivity contribution is 5.18. The lowest BCUT2D eigenvalue weighted by Gasteiger charge is -2.45. The van der Waals surface area contributed by atoms with Gasteiger partial charge >= 0.3 is 0 Å². The molecule has 1 atom stereocenters. The summed E-state index contributed by atoms with van der Waals surface area (Å²) in [5, 5.41) is 0. The summed E-state index contributed by atoms with van der Waals surface area (Å²) in [5.74, 6) is -1.53. The third-order valence-corrected chi connectivity index (χ3v) is 5.77. The number of halogens is 2. The summed E-state index contributed by atoms with van der Waals surface area (Å²) in [6.07, 6.45) is 4.70. The monoisotopic (exact) mass is 324 g/mol. The Morgan fingerprint density at radius 2 is 1.91 bits per heavy atom. The standard InChI is InChI=1S/C18H26F2N2O/c1-21-15(13-23-2)5-6-18(21)7-9-22(10-8-18)12-14-3-4-16(19)17(20)11-14/h3-4,11,15H,5-10,12-13H2,1-2H3. The van der Waals surface area contributed by atoms with Crippen LogP contribution in [0.1, 0.15) is 31.2 Å². The van der Waals surface area contributed by atoms with E-state index in [-0.39, 0.29) is 0 Å². The molecule has 2 fully saturated rings. The molecule has 128 valence electrons. The van der Waals surface area contributed by atoms with Gasteiger partial charge in [-0.2, -0.15) is 0 Å². The zero-order valence-corrected chi connectivity index (χ0v) is 14.0. The van der Waals surface area contributed by atoms with Crippen molar-refractivity contribution in [2.45, 2.75) is 43.8 Å². The maximum absolute atomic E-state index is 13.3. The number of methoxy groups -OCH3 is 1. The van der Waals surface area contributed by atoms with Crippen LogP contribution in [0.25, 0.3) is 0 Å². The van der Waals surface area contributed by atoms with Crippen molar-refractivity contribution in [1.82, 2.24) is 9.80 Å². The molecule has 0 amide bonds. The molecule has 2 aliphatic rings. The number of likely N-dealkylation sites (N-methyl/N-ethyl adjacent to an activating group) is 1. The quantitative estimate of drug-likeness (QED) is 0.847. The zero-order chi connectivity index (χ0) is 16.4. The smallest absolute Gasteiger partial charge is 0.159 e. The Bertz CT molecular complexity index is 544. The molecule has 3 rings (SSSR count). The van der Waals surface area contributed by atoms with Crippen LogP contribution < -0.4 is 0 Å². The molecular formula is C18H26F2N2O. The Balaban J connectivity index is 1.57. The minimum atomic E-state index is -0.775. The molecule has 23 heavy (non-hydrogen) atoms. The Hall–Kier alpha value is -1.04. The fourth-order valence-electron chi connectivity index (χ4n) is 4.21. The average molecular weight is 324 g/mol. The number of hydrogen-bond donors (Lipinski definition) is 0. The molecule has 0 aromatic heterocycles. The molecule has 0 N–H and O–H groups in total. The van der Waals surface area contributed by atoms with Crippen molar-refractivity contribution in [1.29, 1.82) is 0 Å². The summed E-state index contributed by atoms with van der Waals surface area (Å²) in [5.41, 5.74) is 1.14. The van der Waals surface area contributed by atoms with E-state index >= 15 is 0 Å². The molecule has 0 aliphatic carbocycles. The summed E-state index contributed by atoms with van der Waals surface area (Å²) in [7, 11) is 3.99. The molecule has 3 nitrogen and oxygen atoms in total. The van der Waals surface area contributed by atoms with Gasteiger partial charge in [-0.05, 0) is 50.4 Å². The third-order valence-electron chi connectivity index (χ3n) is 5.77. The normalized spacial score (nSPS) is 25.3. The van der Waals surface area contributed by atoms with Crippen LogP contribution in [0.3, 0.4) is 0 Å². The highest BCUT2D eigenvalue weighted by Gasteiger charge is 2.45. The number of nitrogens with zero attached hydrogens (tertiary/aromatic N) is 2. The van der Waals surface area contributed by atoms with E-state index in [1.54, 1.807) is 13.2 Å². The fraction of sp³-hybridized carbons (Fsp3) is 0.667. The lowest BCUT2D eigenvalue weighted by molar-refractivity contribution is 0.0282. The lowest BCUT2D eigenvalue weighted by atomic mass is 9.85. The van der Waals surface area contributed by atoms with Gasteiger partial charge in [-0.3, -0.25) is 9.80 Å². The first-order valence-electron chi connectivity index (χ1n) is 8.42. The second-order valence-corrected chi connectivity index (χ2v) is 7.01. The molecule has 1 spiro atoms. The maximum atomic E-state index is 13.3. The van der Waals surface area contributed by atoms with Crippen LogP contribution in [0.2, 0.25) is 0 Å². The summed E-state index contributed by atoms with van der Waals surface area (Å²) in [6, 6.07) is 4.74. The molecule has 0 bridgehead atoms. The van der Waals surface area contributed by atoms with Crippen LogP contribution in [0.4, 0.5) is 8.78 Å². The number of rotatable bonds is 4. The van der Waals surface area contributed by atoms with Gasteiger partial charge in [0.2, 0.25) is 0 Å². The van der Waals surface area contributed by atoms with E-state index in [1.807, 2.05) is 0 Å². The van der Waals surface area contributed by atoms with Crippen LogP contribution in [0.5, 0.6) is 0 Å². The predicted octanol–water partition coefficient (Wildman–Crippen LogP) is 3.04. The van der Waals surface area contributed by atoms with Crippen molar-refractivity contribution in [3.8, 4) is 0 Å². The highest BCUT2D eigenvalue weighted by Crippen LogP contribution is 2.40. The summed E-state index contributed by atoms with van der Waals surface area (Å²) < 4.78 is 31.7. The second kappa shape index (κ2) is 6.83. The van der Waals surface area contributed by atoms with Gasteiger partial charge in [0.15, 0.2) is 11.6 Å². The minimum Gasteiger partial charge on any atom is -0.383 e. The molecule has 0 radical (unpaired) electrons. The van der Waals surface area contributed by atoms with Gasteiger partial charge in [0.25, 0.3) is 0 Å². The van der Waals surface area contributed by atoms with E-state index in [4.69, 9.17) is 4.74 Å². The van der Waals surface area contributed by atoms with Crippen LogP contribution in [0.15, 0.2) is 18.2 Å². The van der Waals surface area contributed by atoms with Gasteiger partial charge in [0.1, 0.15) is 0 Å². The van der Waals surface area contributed by atoms with E-state index in [9.17, 15) is 8.78 Å². The van der Waals surface area contributed by atoms with Crippen molar-refractivity contribution >= 4 is 0 Å². The fourth-order valence-corrected chi connectivity index (χ4v) is 4.21. The van der Waals surface area contributed by atoms with Crippen molar-refractivity contribution in [3.05, 3.63) is 35.4 Å². The summed E-state index contributed by atoms with van der Waals surface area (Å²) in [6.45, 7) is 3.50. The molecule has 2 saturated heterocycles. The number of hydrogen-bond acceptors (Lipinski definition) is 3. The van der Waals surface area contributed by atoms with Crippen molar-refractivity contribution in [2.75, 3.05) is 33.9 Å². The van der Waals surface area contributed by atoms with E-state index in [1.165, 1.54) is 25.0 Å². The van der Waals surface area contributed by atoms with Crippen molar-refractivity contribution < 1.29 is 13.5 Å². The van der Waals surface area contributed by atoms with E-state index in [2.05, 4.69) is 16.8 Å². The first-order valence-corrected chi connectivity index (χ1v) is 8.42. The first-order chi connectivity index (χ1) is 11.0. The van der Waals surface area contributed by atoms with Gasteiger partial charge in [-0.25, -0.2) is 8.78 Å². The van der Waals surface area contributed by atoms with Gasteiger partial charge in [-0.1, -0.05) is 6.07 Å². The van der Waals surface area contributed by atoms with Crippen LogP contribution in [-0.4, -0.2) is 55.2 Å². The minimum absolute atomic E-state index is 0.299. The van der Waals surface area contributed by atoms with Gasteiger partial charge in [-0.15, -0.1) is 0 Å². The van der Waals surface area contributed by atoms with E-state index < -0.39 is 11.6 Å². The maximum Gasteiger partial charge on any atom is 0.159 e. The molecule has 2 aliphatic heterocycles. The molecule has 1 aromatic rings. The topological polar surface area (TPSA) is 15.7 Å². The number of likely N-dealkylation sites (tertiary alicyclic amines) is 2. The lowest BCUT2D eigenvalue weighted by Crippen LogP contribution is -2.52. The van der Waals surface area contributed by atoms with Gasteiger partial charge < -0.3 is 4.74 Å². The SMILES string of the molecule is COCC1CCC2(CCN(Cc3ccc(F)c(F)c3)CC2)N1C. The predicted molar refractivity (Wildman–Crippen MR) is 86.3 cm³/mol. The molecule has 0 saturated carbocycles. The van der Waals surface area contributed by atoms with Crippen LogP contribution >= 0.6 is 0 Å². The van der Waals surface area contributed by atoms with Crippen molar-refractivity contribution in [2.24, 2.45) is 0 Å². The van der Waals surface area contributed by atoms with Crippen LogP contribution in [-0.2, 0) is 11.3 Å². The van der Waals surface area contributed by atoms with Gasteiger partial charge in [0, 0.05) is 38.3 Å². The molecular weight excluding hydrogens is 298 g/mol. The Morgan fingerprint density at radius 3 is 2.57 bits per heavy atom. The second-order valence-electron chi connectivity index (χ2n) is 7.01. The third kappa shape index (κ3) is 3.42. The van der Waals surface area contributed by atoms with E-state index in [0.717, 1.165) is 38.1 Å². The highest BCUT2D eigenvalue weighted by atomic mass is 19.2. The first kappa shape index (κ1) is 16.8. The number of piperidine rings is 1. The molecule has 5 heteroatoms. The molecule has 1 unspecified atom stereocenters. The Morgan fingerprint density at radius 1 is 1.17 bits per heavy atom. The largest absolute Gasteiger partial charge is 0.383 e. The Labute approximate surface area is 137 Å². The molecule has 1 aromatic carbocycles. The van der Waals surface area contributed by atoms with Crippen molar-refractivity contribution in [3.63, 3.8) is 0 Å². The number of benzene rings is 1. The zero-order valence-electron chi connectivity index (χ0n) is 14.0. The summed E-state index contributed by atoms with van der Waals surface area (Å²) in [4.78, 5) is 4.86. The summed E-state index contributed by atoms with van der Waals surface area (Å²) >= 11 is 0. The van der Waals surface area contributed by atoms with Gasteiger partial charge in [0.05, 0.1) is 6.61 Å². The number of ether oxygens (including phenoxy) is 1.